The van der Waals surface area contributed by atoms with Gasteiger partial charge >= 0.3 is 0 Å². The van der Waals surface area contributed by atoms with Crippen LogP contribution in [0, 0.1) is 5.92 Å². The number of carbonyl (C=O) groups excluding carboxylic acids is 1. The van der Waals surface area contributed by atoms with Gasteiger partial charge in [0.1, 0.15) is 10.7 Å². The molecule has 7 nitrogen and oxygen atoms in total. The number of rotatable bonds is 4. The molecule has 2 N–H and O–H groups in total. The van der Waals surface area contributed by atoms with Crippen molar-refractivity contribution in [1.82, 2.24) is 9.29 Å². The molecule has 0 radical (unpaired) electrons. The second-order valence-electron chi connectivity index (χ2n) is 5.80. The first kappa shape index (κ1) is 15.2. The summed E-state index contributed by atoms with van der Waals surface area (Å²) in [5.74, 6) is 0.231. The third kappa shape index (κ3) is 2.80. The summed E-state index contributed by atoms with van der Waals surface area (Å²) in [6.45, 7) is 2.41. The Balaban J connectivity index is 1.74. The van der Waals surface area contributed by atoms with Gasteiger partial charge in [-0.15, -0.1) is 0 Å². The maximum Gasteiger partial charge on any atom is 0.244 e. The second-order valence-corrected chi connectivity index (χ2v) is 7.74. The average Bonchev–Trinajstić information content (AvgIpc) is 3.19. The van der Waals surface area contributed by atoms with Crippen LogP contribution < -0.4 is 10.6 Å². The monoisotopic (exact) mass is 324 g/mol. The molecule has 0 aliphatic carbocycles. The van der Waals surface area contributed by atoms with Gasteiger partial charge < -0.3 is 10.6 Å². The Bertz CT molecular complexity index is 653. The standard InChI is InChI=1S/C14H20N4O3S/c15-14(19)11-5-8-17(10-11)13-4-3-12(9-16-13)22(20,21)18-6-1-2-7-18/h3-4,9,11H,1-2,5-8,10H2,(H2,15,19)/t11-/m1/s1. The van der Waals surface area contributed by atoms with Gasteiger partial charge in [0.2, 0.25) is 15.9 Å². The molecule has 0 spiro atoms. The van der Waals surface area contributed by atoms with Crippen LogP contribution in [0.2, 0.25) is 0 Å². The van der Waals surface area contributed by atoms with Crippen molar-refractivity contribution in [2.75, 3.05) is 31.1 Å². The van der Waals surface area contributed by atoms with Gasteiger partial charge in [-0.05, 0) is 31.4 Å². The summed E-state index contributed by atoms with van der Waals surface area (Å²) < 4.78 is 26.3. The normalized spacial score (nSPS) is 23.1. The highest BCUT2D eigenvalue weighted by Crippen LogP contribution is 2.25. The summed E-state index contributed by atoms with van der Waals surface area (Å²) in [6, 6.07) is 3.29. The predicted molar refractivity (Wildman–Crippen MR) is 81.7 cm³/mol. The van der Waals surface area contributed by atoms with Crippen molar-refractivity contribution in [2.24, 2.45) is 11.7 Å². The number of aromatic nitrogens is 1. The van der Waals surface area contributed by atoms with Crippen molar-refractivity contribution in [3.05, 3.63) is 18.3 Å². The summed E-state index contributed by atoms with van der Waals surface area (Å²) in [7, 11) is -3.42. The predicted octanol–water partition coefficient (Wildman–Crippen LogP) is 0.178. The molecule has 0 aromatic carbocycles. The highest BCUT2D eigenvalue weighted by molar-refractivity contribution is 7.89. The van der Waals surface area contributed by atoms with Crippen LogP contribution >= 0.6 is 0 Å². The van der Waals surface area contributed by atoms with Crippen molar-refractivity contribution in [3.8, 4) is 0 Å². The van der Waals surface area contributed by atoms with Crippen LogP contribution in [0.25, 0.3) is 0 Å². The molecule has 2 aliphatic rings. The van der Waals surface area contributed by atoms with Gasteiger partial charge in [-0.3, -0.25) is 4.79 Å². The number of primary amides is 1. The lowest BCUT2D eigenvalue weighted by atomic mass is 10.1. The molecule has 1 aromatic rings. The molecule has 22 heavy (non-hydrogen) atoms. The van der Waals surface area contributed by atoms with E-state index >= 15 is 0 Å². The number of anilines is 1. The van der Waals surface area contributed by atoms with Crippen LogP contribution in [0.4, 0.5) is 5.82 Å². The summed E-state index contributed by atoms with van der Waals surface area (Å²) >= 11 is 0. The molecular weight excluding hydrogens is 304 g/mol. The topological polar surface area (TPSA) is 96.6 Å². The van der Waals surface area contributed by atoms with Crippen molar-refractivity contribution < 1.29 is 13.2 Å². The van der Waals surface area contributed by atoms with Crippen LogP contribution in [-0.4, -0.2) is 49.8 Å². The van der Waals surface area contributed by atoms with Crippen molar-refractivity contribution in [2.45, 2.75) is 24.2 Å². The van der Waals surface area contributed by atoms with E-state index in [2.05, 4.69) is 4.98 Å². The lowest BCUT2D eigenvalue weighted by Gasteiger charge is -2.18. The molecule has 1 amide bonds. The molecule has 1 aromatic heterocycles. The fourth-order valence-electron chi connectivity index (χ4n) is 2.99. The number of amides is 1. The lowest BCUT2D eigenvalue weighted by Crippen LogP contribution is -2.29. The van der Waals surface area contributed by atoms with Crippen LogP contribution in [0.1, 0.15) is 19.3 Å². The molecule has 2 fully saturated rings. The van der Waals surface area contributed by atoms with Gasteiger partial charge in [0, 0.05) is 32.4 Å². The minimum absolute atomic E-state index is 0.158. The summed E-state index contributed by atoms with van der Waals surface area (Å²) in [5.41, 5.74) is 5.32. The smallest absolute Gasteiger partial charge is 0.244 e. The van der Waals surface area contributed by atoms with E-state index in [1.807, 2.05) is 4.90 Å². The summed E-state index contributed by atoms with van der Waals surface area (Å²) in [6.07, 6.45) is 3.94. The van der Waals surface area contributed by atoms with Crippen LogP contribution in [0.5, 0.6) is 0 Å². The fraction of sp³-hybridized carbons (Fsp3) is 0.571. The van der Waals surface area contributed by atoms with E-state index in [0.29, 0.717) is 38.4 Å². The Morgan fingerprint density at radius 2 is 1.95 bits per heavy atom. The van der Waals surface area contributed by atoms with Crippen molar-refractivity contribution >= 4 is 21.7 Å². The van der Waals surface area contributed by atoms with E-state index < -0.39 is 10.0 Å². The van der Waals surface area contributed by atoms with Crippen LogP contribution in [0.15, 0.2) is 23.2 Å². The first-order valence-corrected chi connectivity index (χ1v) is 8.93. The number of hydrogen-bond acceptors (Lipinski definition) is 5. The molecular formula is C14H20N4O3S. The van der Waals surface area contributed by atoms with Gasteiger partial charge in [-0.1, -0.05) is 0 Å². The second kappa shape index (κ2) is 5.85. The van der Waals surface area contributed by atoms with Gasteiger partial charge in [0.05, 0.1) is 5.92 Å². The molecule has 3 rings (SSSR count). The van der Waals surface area contributed by atoms with E-state index in [1.54, 1.807) is 12.1 Å². The molecule has 0 saturated carbocycles. The first-order chi connectivity index (χ1) is 10.5. The summed E-state index contributed by atoms with van der Waals surface area (Å²) in [4.78, 5) is 17.6. The fourth-order valence-corrected chi connectivity index (χ4v) is 4.45. The zero-order valence-corrected chi connectivity index (χ0v) is 13.1. The Labute approximate surface area is 130 Å². The quantitative estimate of drug-likeness (QED) is 0.852. The maximum atomic E-state index is 12.4. The Morgan fingerprint density at radius 3 is 2.50 bits per heavy atom. The van der Waals surface area contributed by atoms with E-state index in [9.17, 15) is 13.2 Å². The average molecular weight is 324 g/mol. The Hall–Kier alpha value is -1.67. The molecule has 2 saturated heterocycles. The summed E-state index contributed by atoms with van der Waals surface area (Å²) in [5, 5.41) is 0. The minimum Gasteiger partial charge on any atom is -0.369 e. The van der Waals surface area contributed by atoms with Crippen LogP contribution in [-0.2, 0) is 14.8 Å². The number of nitrogens with two attached hydrogens (primary N) is 1. The van der Waals surface area contributed by atoms with Crippen molar-refractivity contribution in [1.29, 1.82) is 0 Å². The largest absolute Gasteiger partial charge is 0.369 e. The molecule has 2 aliphatic heterocycles. The molecule has 0 unspecified atom stereocenters. The third-order valence-corrected chi connectivity index (χ3v) is 6.22. The van der Waals surface area contributed by atoms with Gasteiger partial charge in [0.25, 0.3) is 0 Å². The van der Waals surface area contributed by atoms with Crippen LogP contribution in [0.3, 0.4) is 0 Å². The Kier molecular flexibility index (Phi) is 4.05. The van der Waals surface area contributed by atoms with Gasteiger partial charge in [-0.25, -0.2) is 13.4 Å². The maximum absolute atomic E-state index is 12.4. The van der Waals surface area contributed by atoms with Gasteiger partial charge in [0.15, 0.2) is 0 Å². The SMILES string of the molecule is NC(=O)[C@@H]1CCN(c2ccc(S(=O)(=O)N3CCCC3)cn2)C1. The number of sulfonamides is 1. The number of pyridine rings is 1. The van der Waals surface area contributed by atoms with Gasteiger partial charge in [-0.2, -0.15) is 4.31 Å². The highest BCUT2D eigenvalue weighted by Gasteiger charge is 2.29. The third-order valence-electron chi connectivity index (χ3n) is 4.34. The molecule has 0 bridgehead atoms. The number of carbonyl (C=O) groups is 1. The van der Waals surface area contributed by atoms with Crippen molar-refractivity contribution in [3.63, 3.8) is 0 Å². The lowest BCUT2D eigenvalue weighted by molar-refractivity contribution is -0.121. The van der Waals surface area contributed by atoms with E-state index in [1.165, 1.54) is 10.5 Å². The number of nitrogens with zero attached hydrogens (tertiary/aromatic N) is 3. The zero-order valence-electron chi connectivity index (χ0n) is 12.3. The first-order valence-electron chi connectivity index (χ1n) is 7.49. The Morgan fingerprint density at radius 1 is 1.23 bits per heavy atom. The highest BCUT2D eigenvalue weighted by atomic mass is 32.2. The van der Waals surface area contributed by atoms with E-state index in [0.717, 1.165) is 12.8 Å². The number of hydrogen-bond donors (Lipinski definition) is 1. The zero-order chi connectivity index (χ0) is 15.7. The molecule has 8 heteroatoms. The molecule has 1 atom stereocenters. The van der Waals surface area contributed by atoms with E-state index in [4.69, 9.17) is 5.73 Å². The minimum atomic E-state index is -3.42. The van der Waals surface area contributed by atoms with E-state index in [-0.39, 0.29) is 16.7 Å². The molecule has 3 heterocycles. The molecule has 120 valence electrons.